The number of hydrogen-bond acceptors (Lipinski definition) is 24. The summed E-state index contributed by atoms with van der Waals surface area (Å²) in [4.78, 5) is 48.7. The Morgan fingerprint density at radius 2 is 0.836 bits per heavy atom. The van der Waals surface area contributed by atoms with Crippen LogP contribution >= 0.6 is 0 Å². The van der Waals surface area contributed by atoms with E-state index in [1.807, 2.05) is 0 Å². The Hall–Kier alpha value is -2.89. The zero-order valence-electron chi connectivity index (χ0n) is 32.9. The van der Waals surface area contributed by atoms with Gasteiger partial charge in [-0.15, -0.1) is 0 Å². The van der Waals surface area contributed by atoms with E-state index in [0.717, 1.165) is 27.7 Å². The fourth-order valence-electron chi connectivity index (χ4n) is 7.31. The fourth-order valence-corrected chi connectivity index (χ4v) is 7.61. The number of rotatable bonds is 16. The second-order valence-corrected chi connectivity index (χ2v) is 15.6. The highest BCUT2D eigenvalue weighted by molar-refractivity contribution is 7.80. The topological polar surface area (TPSA) is 430 Å². The van der Waals surface area contributed by atoms with Crippen molar-refractivity contribution < 1.29 is 115 Å². The number of nitrogens with one attached hydrogen (secondary N) is 4. The molecule has 4 saturated heterocycles. The Kier molecular flexibility index (Phi) is 18.0. The molecule has 2 unspecified atom stereocenters. The van der Waals surface area contributed by atoms with Crippen LogP contribution in [0, 0.1) is 0 Å². The third-order valence-electron chi connectivity index (χ3n) is 10.0. The third-order valence-corrected chi connectivity index (χ3v) is 10.4. The maximum Gasteiger partial charge on any atom is 0.217 e. The van der Waals surface area contributed by atoms with Crippen molar-refractivity contribution in [3.8, 4) is 0 Å². The van der Waals surface area contributed by atoms with Gasteiger partial charge >= 0.3 is 0 Å². The number of hydrogen-bond donors (Lipinski definition) is 13. The van der Waals surface area contributed by atoms with Gasteiger partial charge in [0, 0.05) is 27.7 Å². The van der Waals surface area contributed by atoms with Crippen molar-refractivity contribution in [3.63, 3.8) is 0 Å². The zero-order chi connectivity index (χ0) is 45.7. The number of carbonyl (C=O) groups excluding carboxylic acids is 4. The summed E-state index contributed by atoms with van der Waals surface area (Å²) in [6.07, 6.45) is -29.0. The van der Waals surface area contributed by atoms with Gasteiger partial charge in [0.1, 0.15) is 97.4 Å². The molecule has 0 aliphatic carbocycles. The van der Waals surface area contributed by atoms with Crippen LogP contribution in [0.4, 0.5) is 0 Å². The van der Waals surface area contributed by atoms with Gasteiger partial charge in [0.05, 0.1) is 26.4 Å². The van der Waals surface area contributed by atoms with E-state index in [1.165, 1.54) is 0 Å². The number of ether oxygens (including phenoxy) is 7. The zero-order valence-corrected chi connectivity index (χ0v) is 33.7. The second kappa shape index (κ2) is 21.7. The highest BCUT2D eigenvalue weighted by Gasteiger charge is 2.56. The summed E-state index contributed by atoms with van der Waals surface area (Å²) < 4.78 is 78.4. The molecule has 4 amide bonds. The molecule has 29 heteroatoms. The Labute approximate surface area is 347 Å². The van der Waals surface area contributed by atoms with Crippen LogP contribution in [-0.2, 0) is 66.9 Å². The monoisotopic (exact) mass is 909 g/mol. The molecule has 0 radical (unpaired) electrons. The number of amides is 4. The lowest BCUT2D eigenvalue weighted by Gasteiger charge is -2.51. The van der Waals surface area contributed by atoms with Crippen molar-refractivity contribution in [3.05, 3.63) is 0 Å². The summed E-state index contributed by atoms with van der Waals surface area (Å²) in [6.45, 7) is 0.154. The molecule has 0 saturated carbocycles. The molecule has 352 valence electrons. The van der Waals surface area contributed by atoms with Gasteiger partial charge in [0.15, 0.2) is 25.2 Å². The minimum Gasteiger partial charge on any atom is -0.726 e. The largest absolute Gasteiger partial charge is 0.726 e. The average molecular weight is 910 g/mol. The van der Waals surface area contributed by atoms with Crippen LogP contribution in [0.2, 0.25) is 0 Å². The SMILES string of the molecule is CC(=O)N[C@H]1[C@H](O[C@H]2C(O)[C@@H](NC(C)=O)[C@H](O)O[C@@H]2COS(=O)(=O)[O-])O[C@H](CO)[C@@H](O[C@@H]2O[C@H](CO)[C@@H](O[C@@H]3O[C@H](CO)[C@@H](O)[C@H](O)[C@H]3NC(C)=O)C(O)[C@H]2NC(C)=O)[C@@H]1O. The molecular formula is C32H53N4O24S-. The smallest absolute Gasteiger partial charge is 0.217 e. The summed E-state index contributed by atoms with van der Waals surface area (Å²) in [6, 6.07) is -6.59. The van der Waals surface area contributed by atoms with Gasteiger partial charge in [0.25, 0.3) is 0 Å². The van der Waals surface area contributed by atoms with Crippen molar-refractivity contribution in [1.82, 2.24) is 21.3 Å². The summed E-state index contributed by atoms with van der Waals surface area (Å²) in [5, 5.41) is 106. The number of aliphatic hydroxyl groups is 9. The normalized spacial score (nSPS) is 41.9. The van der Waals surface area contributed by atoms with E-state index < -0.39 is 183 Å². The first kappa shape index (κ1) is 50.8. The molecule has 4 aliphatic rings. The first-order chi connectivity index (χ1) is 28.5. The standard InChI is InChI=1S/C32H54N4O24S/c1-9(40)33-17-23(46)28(16(54-29(17)49)8-53-61(50,51)52)60-32-20(36-12(4)43)25(48)27(15(7-39)57-32)59-31-19(35-11(3)42)24(47)26(14(6-38)56-31)58-30-18(34-10(2)41)22(45)21(44)13(5-37)55-30/h13-32,37-39,44-49H,5-8H2,1-4H3,(H,33,40)(H,34,41)(H,35,42)(H,36,43)(H,50,51,52)/p-1/t13-,14-,15-,16-,17-,18-,19-,20-,21-,22-,23?,24?,25-,26-,27-,28-,29-,30+,31+,32+/m1/s1. The Morgan fingerprint density at radius 1 is 0.508 bits per heavy atom. The van der Waals surface area contributed by atoms with Gasteiger partial charge in [0.2, 0.25) is 34.0 Å². The molecule has 28 nitrogen and oxygen atoms in total. The van der Waals surface area contributed by atoms with Crippen molar-refractivity contribution >= 4 is 34.0 Å². The molecule has 0 aromatic heterocycles. The van der Waals surface area contributed by atoms with Crippen molar-refractivity contribution in [2.75, 3.05) is 26.4 Å². The molecule has 61 heavy (non-hydrogen) atoms. The summed E-state index contributed by atoms with van der Waals surface area (Å²) in [7, 11) is -5.39. The third kappa shape index (κ3) is 12.6. The second-order valence-electron chi connectivity index (χ2n) is 14.6. The van der Waals surface area contributed by atoms with Crippen molar-refractivity contribution in [1.29, 1.82) is 0 Å². The molecule has 0 aromatic rings. The van der Waals surface area contributed by atoms with Crippen LogP contribution in [0.1, 0.15) is 27.7 Å². The van der Waals surface area contributed by atoms with Crippen molar-refractivity contribution in [2.45, 2.75) is 150 Å². The fraction of sp³-hybridized carbons (Fsp3) is 0.875. The predicted molar refractivity (Wildman–Crippen MR) is 189 cm³/mol. The summed E-state index contributed by atoms with van der Waals surface area (Å²) in [5.74, 6) is -3.12. The highest BCUT2D eigenvalue weighted by Crippen LogP contribution is 2.34. The highest BCUT2D eigenvalue weighted by atomic mass is 32.3. The van der Waals surface area contributed by atoms with Gasteiger partial charge in [-0.1, -0.05) is 0 Å². The minimum atomic E-state index is -5.39. The lowest BCUT2D eigenvalue weighted by atomic mass is 9.93. The maximum absolute atomic E-state index is 12.4. The molecule has 13 N–H and O–H groups in total. The van der Waals surface area contributed by atoms with E-state index in [-0.39, 0.29) is 0 Å². The molecular weight excluding hydrogens is 856 g/mol. The average Bonchev–Trinajstić information content (AvgIpc) is 3.16. The lowest BCUT2D eigenvalue weighted by molar-refractivity contribution is -0.361. The number of aliphatic hydroxyl groups excluding tert-OH is 9. The van der Waals surface area contributed by atoms with Crippen LogP contribution in [0.25, 0.3) is 0 Å². The molecule has 4 fully saturated rings. The quantitative estimate of drug-likeness (QED) is 0.0505. The first-order valence-electron chi connectivity index (χ1n) is 18.7. The maximum atomic E-state index is 12.4. The van der Waals surface area contributed by atoms with E-state index in [0.29, 0.717) is 0 Å². The van der Waals surface area contributed by atoms with E-state index in [2.05, 4.69) is 25.5 Å². The predicted octanol–water partition coefficient (Wildman–Crippen LogP) is -9.69. The van der Waals surface area contributed by atoms with Gasteiger partial charge < -0.3 is 105 Å². The summed E-state index contributed by atoms with van der Waals surface area (Å²) in [5.41, 5.74) is 0. The molecule has 4 aliphatic heterocycles. The van der Waals surface area contributed by atoms with Gasteiger partial charge in [-0.2, -0.15) is 0 Å². The van der Waals surface area contributed by atoms with E-state index in [1.54, 1.807) is 0 Å². The van der Waals surface area contributed by atoms with Crippen LogP contribution < -0.4 is 21.3 Å². The van der Waals surface area contributed by atoms with E-state index in [9.17, 15) is 78.1 Å². The molecule has 0 bridgehead atoms. The van der Waals surface area contributed by atoms with Crippen LogP contribution in [-0.4, -0.2) is 232 Å². The summed E-state index contributed by atoms with van der Waals surface area (Å²) >= 11 is 0. The minimum absolute atomic E-state index is 0.712. The van der Waals surface area contributed by atoms with Crippen LogP contribution in [0.5, 0.6) is 0 Å². The molecule has 4 heterocycles. The van der Waals surface area contributed by atoms with E-state index in [4.69, 9.17) is 33.2 Å². The van der Waals surface area contributed by atoms with Gasteiger partial charge in [-0.05, 0) is 0 Å². The van der Waals surface area contributed by atoms with Crippen LogP contribution in [0.3, 0.4) is 0 Å². The Bertz CT molecular complexity index is 1620. The molecule has 20 atom stereocenters. The Balaban J connectivity index is 1.63. The molecule has 0 spiro atoms. The first-order valence-corrected chi connectivity index (χ1v) is 20.0. The Morgan fingerprint density at radius 3 is 1.20 bits per heavy atom. The number of carbonyl (C=O) groups is 4. The van der Waals surface area contributed by atoms with Crippen molar-refractivity contribution in [2.24, 2.45) is 0 Å². The van der Waals surface area contributed by atoms with Crippen LogP contribution in [0.15, 0.2) is 0 Å². The molecule has 4 rings (SSSR count). The van der Waals surface area contributed by atoms with Gasteiger partial charge in [-0.3, -0.25) is 23.4 Å². The van der Waals surface area contributed by atoms with Gasteiger partial charge in [-0.25, -0.2) is 8.42 Å². The molecule has 0 aromatic carbocycles. The van der Waals surface area contributed by atoms with E-state index >= 15 is 0 Å². The lowest BCUT2D eigenvalue weighted by Crippen LogP contribution is -2.71.